The number of hydrogen-bond donors (Lipinski definition) is 4. The number of nitrogen functional groups attached to an aromatic ring is 1. The first-order valence-corrected chi connectivity index (χ1v) is 8.18. The maximum atomic E-state index is 11.4. The van der Waals surface area contributed by atoms with Crippen molar-refractivity contribution in [3.05, 3.63) is 29.6 Å². The molecule has 130 valence electrons. The van der Waals surface area contributed by atoms with Gasteiger partial charge in [0.2, 0.25) is 0 Å². The van der Waals surface area contributed by atoms with Gasteiger partial charge >= 0.3 is 0 Å². The molecule has 7 heteroatoms. The van der Waals surface area contributed by atoms with Crippen LogP contribution in [-0.4, -0.2) is 47.2 Å². The van der Waals surface area contributed by atoms with Gasteiger partial charge in [-0.25, -0.2) is 4.98 Å². The van der Waals surface area contributed by atoms with Crippen LogP contribution in [0.2, 0.25) is 0 Å². The Labute approximate surface area is 142 Å². The number of carbonyl (C=O) groups excluding carboxylic acids is 1. The molecule has 0 aliphatic carbocycles. The normalized spacial score (nSPS) is 17.0. The van der Waals surface area contributed by atoms with E-state index < -0.39 is 5.91 Å². The third-order valence-corrected chi connectivity index (χ3v) is 4.41. The minimum atomic E-state index is -0.625. The largest absolute Gasteiger partial charge is 0.388 e. The number of allylic oxidation sites excluding steroid dienone is 1. The zero-order valence-corrected chi connectivity index (χ0v) is 14.2. The number of hydrogen-bond acceptors (Lipinski definition) is 6. The molecule has 1 fully saturated rings. The van der Waals surface area contributed by atoms with Gasteiger partial charge < -0.3 is 27.1 Å². The first-order valence-electron chi connectivity index (χ1n) is 8.18. The highest BCUT2D eigenvalue weighted by atomic mass is 16.1. The van der Waals surface area contributed by atoms with Crippen LogP contribution >= 0.6 is 0 Å². The van der Waals surface area contributed by atoms with Gasteiger partial charge in [-0.15, -0.1) is 0 Å². The van der Waals surface area contributed by atoms with Crippen molar-refractivity contribution in [2.24, 2.45) is 5.73 Å². The van der Waals surface area contributed by atoms with E-state index in [2.05, 4.69) is 29.0 Å². The molecule has 0 radical (unpaired) electrons. The van der Waals surface area contributed by atoms with E-state index in [-0.39, 0.29) is 11.4 Å². The van der Waals surface area contributed by atoms with Gasteiger partial charge in [0.1, 0.15) is 5.82 Å². The van der Waals surface area contributed by atoms with Gasteiger partial charge in [-0.2, -0.15) is 0 Å². The van der Waals surface area contributed by atoms with Gasteiger partial charge in [-0.3, -0.25) is 4.79 Å². The number of piperidine rings is 1. The molecule has 2 rings (SSSR count). The maximum Gasteiger partial charge on any atom is 0.252 e. The van der Waals surface area contributed by atoms with Gasteiger partial charge in [0.25, 0.3) is 5.91 Å². The van der Waals surface area contributed by atoms with Crippen LogP contribution in [0.15, 0.2) is 18.5 Å². The van der Waals surface area contributed by atoms with Crippen LogP contribution in [0.25, 0.3) is 5.57 Å². The quantitative estimate of drug-likeness (QED) is 0.584. The number of primary amides is 1. The summed E-state index contributed by atoms with van der Waals surface area (Å²) in [5.41, 5.74) is 12.4. The predicted molar refractivity (Wildman–Crippen MR) is 96.8 cm³/mol. The Morgan fingerprint density at radius 3 is 2.67 bits per heavy atom. The molecule has 0 saturated carbocycles. The molecule has 1 aliphatic rings. The number of aromatic nitrogens is 1. The van der Waals surface area contributed by atoms with Crippen molar-refractivity contribution in [1.82, 2.24) is 15.2 Å². The van der Waals surface area contributed by atoms with Gasteiger partial charge in [0.05, 0.1) is 5.56 Å². The van der Waals surface area contributed by atoms with Crippen LogP contribution in [-0.2, 0) is 0 Å². The standard InChI is InChI=1S/C17H26N6O/c1-11(2)23-5-3-14(4-6-23)21-10-13(8-18)12-7-15(17(20)24)16(19)22-9-12/h7-11,14,18,21H,3-6H2,1-2H3,(H2,19,22)(H2,20,24)/b13-10+,18-8?. The Morgan fingerprint density at radius 2 is 2.12 bits per heavy atom. The van der Waals surface area contributed by atoms with Gasteiger partial charge in [0.15, 0.2) is 0 Å². The van der Waals surface area contributed by atoms with Crippen LogP contribution in [0.3, 0.4) is 0 Å². The fraction of sp³-hybridized carbons (Fsp3) is 0.471. The minimum absolute atomic E-state index is 0.101. The second-order valence-corrected chi connectivity index (χ2v) is 6.34. The van der Waals surface area contributed by atoms with Crippen molar-refractivity contribution in [3.8, 4) is 0 Å². The molecule has 24 heavy (non-hydrogen) atoms. The van der Waals surface area contributed by atoms with Crippen LogP contribution in [0.1, 0.15) is 42.6 Å². The van der Waals surface area contributed by atoms with Crippen LogP contribution < -0.4 is 16.8 Å². The molecule has 1 aromatic rings. The molecule has 0 unspecified atom stereocenters. The zero-order chi connectivity index (χ0) is 17.7. The summed E-state index contributed by atoms with van der Waals surface area (Å²) in [6, 6.07) is 2.53. The summed E-state index contributed by atoms with van der Waals surface area (Å²) in [4.78, 5) is 17.8. The van der Waals surface area contributed by atoms with Crippen LogP contribution in [0.5, 0.6) is 0 Å². The number of nitrogens with zero attached hydrogens (tertiary/aromatic N) is 2. The summed E-state index contributed by atoms with van der Waals surface area (Å²) in [6.07, 6.45) is 6.70. The first-order chi connectivity index (χ1) is 11.4. The lowest BCUT2D eigenvalue weighted by Crippen LogP contribution is -2.43. The number of rotatable bonds is 6. The summed E-state index contributed by atoms with van der Waals surface area (Å²) in [5.74, 6) is -0.523. The fourth-order valence-electron chi connectivity index (χ4n) is 2.83. The average molecular weight is 330 g/mol. The summed E-state index contributed by atoms with van der Waals surface area (Å²) in [7, 11) is 0. The summed E-state index contributed by atoms with van der Waals surface area (Å²) in [5, 5.41) is 11.0. The van der Waals surface area contributed by atoms with Crippen molar-refractivity contribution in [2.45, 2.75) is 38.8 Å². The summed E-state index contributed by atoms with van der Waals surface area (Å²) in [6.45, 7) is 6.56. The second kappa shape index (κ2) is 7.92. The number of amides is 1. The fourth-order valence-corrected chi connectivity index (χ4v) is 2.83. The number of pyridine rings is 1. The number of nitrogens with one attached hydrogen (secondary N) is 2. The van der Waals surface area contributed by atoms with E-state index in [9.17, 15) is 4.79 Å². The lowest BCUT2D eigenvalue weighted by molar-refractivity contribution is 0.100. The van der Waals surface area contributed by atoms with Crippen LogP contribution in [0, 0.1) is 5.41 Å². The lowest BCUT2D eigenvalue weighted by Gasteiger charge is -2.34. The average Bonchev–Trinajstić information content (AvgIpc) is 2.56. The van der Waals surface area contributed by atoms with Crippen molar-refractivity contribution in [2.75, 3.05) is 18.8 Å². The minimum Gasteiger partial charge on any atom is -0.388 e. The Balaban J connectivity index is 2.06. The van der Waals surface area contributed by atoms with E-state index in [1.807, 2.05) is 0 Å². The smallest absolute Gasteiger partial charge is 0.252 e. The molecule has 6 N–H and O–H groups in total. The van der Waals surface area contributed by atoms with Gasteiger partial charge in [-0.1, -0.05) is 0 Å². The van der Waals surface area contributed by atoms with E-state index in [0.29, 0.717) is 23.2 Å². The monoisotopic (exact) mass is 330 g/mol. The molecule has 1 aliphatic heterocycles. The lowest BCUT2D eigenvalue weighted by atomic mass is 10.0. The van der Waals surface area contributed by atoms with Crippen molar-refractivity contribution in [1.29, 1.82) is 5.41 Å². The number of carbonyl (C=O) groups is 1. The van der Waals surface area contributed by atoms with Gasteiger partial charge in [0, 0.05) is 54.9 Å². The molecule has 1 amide bonds. The maximum absolute atomic E-state index is 11.4. The van der Waals surface area contributed by atoms with Crippen molar-refractivity contribution >= 4 is 23.5 Å². The SMILES string of the molecule is CC(C)N1CCC(N/C=C(\C=N)c2cnc(N)c(C(N)=O)c2)CC1. The Bertz CT molecular complexity index is 632. The Morgan fingerprint density at radius 1 is 1.46 bits per heavy atom. The third-order valence-electron chi connectivity index (χ3n) is 4.41. The zero-order valence-electron chi connectivity index (χ0n) is 14.2. The molecular formula is C17H26N6O. The third kappa shape index (κ3) is 4.32. The number of nitrogens with two attached hydrogens (primary N) is 2. The Hall–Kier alpha value is -2.41. The highest BCUT2D eigenvalue weighted by Gasteiger charge is 2.20. The predicted octanol–water partition coefficient (Wildman–Crippen LogP) is 1.22. The van der Waals surface area contributed by atoms with Crippen LogP contribution in [0.4, 0.5) is 5.82 Å². The first kappa shape index (κ1) is 17.9. The molecule has 7 nitrogen and oxygen atoms in total. The van der Waals surface area contributed by atoms with Gasteiger partial charge in [-0.05, 0) is 32.8 Å². The molecule has 2 heterocycles. The number of anilines is 1. The van der Waals surface area contributed by atoms with Crippen molar-refractivity contribution in [3.63, 3.8) is 0 Å². The topological polar surface area (TPSA) is 121 Å². The van der Waals surface area contributed by atoms with E-state index in [1.165, 1.54) is 6.21 Å². The highest BCUT2D eigenvalue weighted by Crippen LogP contribution is 2.17. The molecule has 0 spiro atoms. The second-order valence-electron chi connectivity index (χ2n) is 6.34. The van der Waals surface area contributed by atoms with E-state index in [1.54, 1.807) is 18.5 Å². The van der Waals surface area contributed by atoms with Crippen molar-refractivity contribution < 1.29 is 4.79 Å². The molecular weight excluding hydrogens is 304 g/mol. The Kier molecular flexibility index (Phi) is 5.92. The molecule has 0 bridgehead atoms. The highest BCUT2D eigenvalue weighted by molar-refractivity contribution is 6.09. The molecule has 1 aromatic heterocycles. The summed E-state index contributed by atoms with van der Waals surface area (Å²) >= 11 is 0. The number of likely N-dealkylation sites (tertiary alicyclic amines) is 1. The molecule has 0 aromatic carbocycles. The molecule has 1 saturated heterocycles. The molecule has 0 atom stereocenters. The summed E-state index contributed by atoms with van der Waals surface area (Å²) < 4.78 is 0. The van der Waals surface area contributed by atoms with E-state index in [0.717, 1.165) is 25.9 Å². The van der Waals surface area contributed by atoms with E-state index in [4.69, 9.17) is 16.9 Å². The van der Waals surface area contributed by atoms with E-state index >= 15 is 0 Å².